The summed E-state index contributed by atoms with van der Waals surface area (Å²) < 4.78 is 0. The minimum atomic E-state index is 1.21. The van der Waals surface area contributed by atoms with Crippen molar-refractivity contribution in [2.24, 2.45) is 0 Å². The average molecular weight is 184 g/mol. The molecule has 0 aromatic rings. The molecule has 56 valence electrons. The van der Waals surface area contributed by atoms with Gasteiger partial charge < -0.3 is 0 Å². The summed E-state index contributed by atoms with van der Waals surface area (Å²) in [6.07, 6.45) is 5.79. The highest BCUT2D eigenvalue weighted by atomic mass is 29.5. The second-order valence-electron chi connectivity index (χ2n) is 2.36. The Bertz CT molecular complexity index is 48.8. The normalized spacial score (nSPS) is 10.2. The van der Waals surface area contributed by atoms with E-state index in [0.29, 0.717) is 0 Å². The van der Waals surface area contributed by atoms with Crippen LogP contribution in [-0.2, 0) is 0 Å². The van der Waals surface area contributed by atoms with Crippen LogP contribution in [0.25, 0.3) is 0 Å². The average Bonchev–Trinajstić information content (AvgIpc) is 1.97. The van der Waals surface area contributed by atoms with Gasteiger partial charge in [-0.05, 0) is 0 Å². The summed E-state index contributed by atoms with van der Waals surface area (Å²) in [7, 11) is 3.78. The van der Waals surface area contributed by atoms with Gasteiger partial charge in [0.25, 0.3) is 0 Å². The van der Waals surface area contributed by atoms with Crippen molar-refractivity contribution < 1.29 is 0 Å². The van der Waals surface area contributed by atoms with Gasteiger partial charge in [0, 0.05) is 26.6 Å². The van der Waals surface area contributed by atoms with Crippen molar-refractivity contribution in [2.75, 3.05) is 0 Å². The van der Waals surface area contributed by atoms with Crippen LogP contribution in [0.15, 0.2) is 0 Å². The highest BCUT2D eigenvalue weighted by Crippen LogP contribution is 2.01. The Hall–Kier alpha value is 0.651. The van der Waals surface area contributed by atoms with E-state index in [-0.39, 0.29) is 0 Å². The molecule has 0 rings (SSSR count). The molecule has 10 heavy (non-hydrogen) atoms. The fourth-order valence-electron chi connectivity index (χ4n) is 0.791. The maximum Gasteiger partial charge on any atom is 0.0183 e. The lowest BCUT2D eigenvalue weighted by molar-refractivity contribution is 0.701. The van der Waals surface area contributed by atoms with E-state index >= 15 is 0 Å². The first kappa shape index (κ1) is 10.7. The minimum absolute atomic E-state index is 1.21. The van der Waals surface area contributed by atoms with Gasteiger partial charge in [-0.15, -0.1) is 0 Å². The van der Waals surface area contributed by atoms with Crippen LogP contribution in [0, 0.1) is 0 Å². The molecule has 0 saturated heterocycles. The first-order valence-electron chi connectivity index (χ1n) is 4.06. The standard InChI is InChI=1S/C7H16Si3/c1-3-4-5-6-7-9-10-8-2/h3-7H2,1-2H3. The van der Waals surface area contributed by atoms with E-state index in [0.717, 1.165) is 0 Å². The molecule has 0 heterocycles. The maximum absolute atomic E-state index is 2.32. The molecule has 0 saturated carbocycles. The molecule has 0 atom stereocenters. The van der Waals surface area contributed by atoms with E-state index in [4.69, 9.17) is 0 Å². The van der Waals surface area contributed by atoms with Crippen molar-refractivity contribution in [2.45, 2.75) is 45.2 Å². The summed E-state index contributed by atoms with van der Waals surface area (Å²) in [6, 6.07) is 1.51. The highest BCUT2D eigenvalue weighted by Gasteiger charge is 1.89. The molecule has 0 spiro atoms. The Morgan fingerprint density at radius 2 is 1.90 bits per heavy atom. The molecule has 0 nitrogen and oxygen atoms in total. The van der Waals surface area contributed by atoms with Crippen molar-refractivity contribution in [3.8, 4) is 0 Å². The minimum Gasteiger partial charge on any atom is -0.0761 e. The quantitative estimate of drug-likeness (QED) is 0.419. The molecule has 0 fully saturated rings. The molecular formula is C7H16Si3. The van der Waals surface area contributed by atoms with E-state index in [1.54, 1.807) is 0 Å². The monoisotopic (exact) mass is 184 g/mol. The van der Waals surface area contributed by atoms with E-state index < -0.39 is 0 Å². The summed E-state index contributed by atoms with van der Waals surface area (Å²) in [5.74, 6) is 0. The molecule has 0 unspecified atom stereocenters. The molecule has 0 aromatic carbocycles. The van der Waals surface area contributed by atoms with Gasteiger partial charge in [-0.25, -0.2) is 0 Å². The smallest absolute Gasteiger partial charge is 0.0183 e. The van der Waals surface area contributed by atoms with Crippen molar-refractivity contribution in [1.82, 2.24) is 0 Å². The Morgan fingerprint density at radius 3 is 2.50 bits per heavy atom. The van der Waals surface area contributed by atoms with Crippen LogP contribution in [0.2, 0.25) is 12.6 Å². The maximum atomic E-state index is 2.32. The Balaban J connectivity index is 2.65. The number of unbranched alkanes of at least 4 members (excludes halogenated alkanes) is 3. The molecule has 0 amide bonds. The summed E-state index contributed by atoms with van der Waals surface area (Å²) in [4.78, 5) is 0. The van der Waals surface area contributed by atoms with E-state index in [2.05, 4.69) is 13.5 Å². The van der Waals surface area contributed by atoms with Gasteiger partial charge in [-0.2, -0.15) is 0 Å². The first-order valence-corrected chi connectivity index (χ1v) is 9.77. The molecule has 0 aliphatic carbocycles. The zero-order valence-corrected chi connectivity index (χ0v) is 10.0. The zero-order valence-electron chi connectivity index (χ0n) is 7.04. The third-order valence-electron chi connectivity index (χ3n) is 1.37. The van der Waals surface area contributed by atoms with Gasteiger partial charge in [0.2, 0.25) is 0 Å². The topological polar surface area (TPSA) is 0 Å². The fourth-order valence-corrected chi connectivity index (χ4v) is 5.67. The van der Waals surface area contributed by atoms with E-state index in [1.807, 2.05) is 0 Å². The number of rotatable bonds is 7. The van der Waals surface area contributed by atoms with Crippen molar-refractivity contribution in [1.29, 1.82) is 0 Å². The van der Waals surface area contributed by atoms with Crippen LogP contribution in [0.1, 0.15) is 32.6 Å². The van der Waals surface area contributed by atoms with Gasteiger partial charge in [0.1, 0.15) is 0 Å². The highest BCUT2D eigenvalue weighted by molar-refractivity contribution is 7.29. The lowest BCUT2D eigenvalue weighted by atomic mass is 10.2. The van der Waals surface area contributed by atoms with Crippen LogP contribution in [-0.4, -0.2) is 26.6 Å². The van der Waals surface area contributed by atoms with Gasteiger partial charge in [-0.3, -0.25) is 0 Å². The van der Waals surface area contributed by atoms with Crippen LogP contribution >= 0.6 is 0 Å². The van der Waals surface area contributed by atoms with Gasteiger partial charge in [-0.1, -0.05) is 45.2 Å². The lowest BCUT2D eigenvalue weighted by Crippen LogP contribution is -2.08. The lowest BCUT2D eigenvalue weighted by Gasteiger charge is -1.96. The summed E-state index contributed by atoms with van der Waals surface area (Å²) in [6.45, 7) is 4.59. The molecule has 0 aliphatic heterocycles. The molecule has 0 bridgehead atoms. The molecule has 0 N–H and O–H groups in total. The zero-order chi connectivity index (χ0) is 7.66. The molecule has 0 aromatic heterocycles. The van der Waals surface area contributed by atoms with Gasteiger partial charge >= 0.3 is 0 Å². The second kappa shape index (κ2) is 9.65. The van der Waals surface area contributed by atoms with Crippen LogP contribution < -0.4 is 0 Å². The first-order chi connectivity index (χ1) is 4.91. The Labute approximate surface area is 72.2 Å². The van der Waals surface area contributed by atoms with Crippen LogP contribution in [0.4, 0.5) is 0 Å². The van der Waals surface area contributed by atoms with E-state index in [1.165, 1.54) is 58.4 Å². The van der Waals surface area contributed by atoms with Crippen molar-refractivity contribution >= 4 is 26.6 Å². The summed E-state index contributed by atoms with van der Waals surface area (Å²) in [5.41, 5.74) is 0. The van der Waals surface area contributed by atoms with Crippen LogP contribution in [0.3, 0.4) is 0 Å². The Morgan fingerprint density at radius 1 is 1.10 bits per heavy atom. The van der Waals surface area contributed by atoms with Crippen molar-refractivity contribution in [3.63, 3.8) is 0 Å². The van der Waals surface area contributed by atoms with E-state index in [9.17, 15) is 0 Å². The largest absolute Gasteiger partial charge is 0.0761 e. The SMILES string of the molecule is CCCCCC[Si][Si][Si]C. The second-order valence-corrected chi connectivity index (χ2v) is 9.53. The predicted octanol–water partition coefficient (Wildman–Crippen LogP) is 1.98. The summed E-state index contributed by atoms with van der Waals surface area (Å²) >= 11 is 0. The Kier molecular flexibility index (Phi) is 10.3. The van der Waals surface area contributed by atoms with Gasteiger partial charge in [0.15, 0.2) is 0 Å². The molecule has 6 radical (unpaired) electrons. The predicted molar refractivity (Wildman–Crippen MR) is 52.1 cm³/mol. The number of hydrogen-bond donors (Lipinski definition) is 0. The van der Waals surface area contributed by atoms with Gasteiger partial charge in [0.05, 0.1) is 0 Å². The van der Waals surface area contributed by atoms with Crippen LogP contribution in [0.5, 0.6) is 0 Å². The third-order valence-corrected chi connectivity index (χ3v) is 8.27. The fraction of sp³-hybridized carbons (Fsp3) is 1.00. The van der Waals surface area contributed by atoms with Crippen molar-refractivity contribution in [3.05, 3.63) is 0 Å². The molecular weight excluding hydrogens is 168 g/mol. The number of hydrogen-bond acceptors (Lipinski definition) is 0. The summed E-state index contributed by atoms with van der Waals surface area (Å²) in [5, 5.41) is 0. The molecule has 0 aliphatic rings. The molecule has 3 heteroatoms. The third kappa shape index (κ3) is 8.65.